The SMILES string of the molecule is CN1CCN(c2cc(NCC(O)c3c(Cl)cccc3Cl)ncn2)CC1=O. The fraction of sp³-hybridized carbons (Fsp3) is 0.353. The zero-order valence-electron chi connectivity index (χ0n) is 14.2. The third-order valence-electron chi connectivity index (χ3n) is 4.24. The fourth-order valence-corrected chi connectivity index (χ4v) is 3.35. The summed E-state index contributed by atoms with van der Waals surface area (Å²) in [5, 5.41) is 14.3. The van der Waals surface area contributed by atoms with E-state index in [-0.39, 0.29) is 19.0 Å². The number of piperazine rings is 1. The lowest BCUT2D eigenvalue weighted by Crippen LogP contribution is -2.48. The smallest absolute Gasteiger partial charge is 0.241 e. The summed E-state index contributed by atoms with van der Waals surface area (Å²) in [5.74, 6) is 1.26. The summed E-state index contributed by atoms with van der Waals surface area (Å²) in [5.41, 5.74) is 0.474. The first-order chi connectivity index (χ1) is 12.5. The number of halogens is 2. The van der Waals surface area contributed by atoms with Crippen molar-refractivity contribution < 1.29 is 9.90 Å². The molecule has 26 heavy (non-hydrogen) atoms. The van der Waals surface area contributed by atoms with Gasteiger partial charge in [0.1, 0.15) is 18.0 Å². The van der Waals surface area contributed by atoms with Gasteiger partial charge in [-0.25, -0.2) is 9.97 Å². The third-order valence-corrected chi connectivity index (χ3v) is 4.90. The molecule has 9 heteroatoms. The van der Waals surface area contributed by atoms with Crippen LogP contribution in [0, 0.1) is 0 Å². The lowest BCUT2D eigenvalue weighted by atomic mass is 10.1. The Morgan fingerprint density at radius 1 is 1.27 bits per heavy atom. The van der Waals surface area contributed by atoms with Gasteiger partial charge in [0, 0.05) is 48.4 Å². The molecule has 1 unspecified atom stereocenters. The van der Waals surface area contributed by atoms with Crippen LogP contribution in [0.25, 0.3) is 0 Å². The number of rotatable bonds is 5. The predicted molar refractivity (Wildman–Crippen MR) is 102 cm³/mol. The number of carbonyl (C=O) groups excluding carboxylic acids is 1. The number of aromatic nitrogens is 2. The first-order valence-corrected chi connectivity index (χ1v) is 8.88. The topological polar surface area (TPSA) is 81.6 Å². The van der Waals surface area contributed by atoms with Gasteiger partial charge in [-0.05, 0) is 12.1 Å². The zero-order chi connectivity index (χ0) is 18.7. The van der Waals surface area contributed by atoms with E-state index in [0.717, 1.165) is 0 Å². The Hall–Kier alpha value is -2.09. The van der Waals surface area contributed by atoms with Crippen molar-refractivity contribution in [1.29, 1.82) is 0 Å². The van der Waals surface area contributed by atoms with Crippen LogP contribution in [0.15, 0.2) is 30.6 Å². The molecule has 1 fully saturated rings. The van der Waals surface area contributed by atoms with Crippen LogP contribution in [0.1, 0.15) is 11.7 Å². The van der Waals surface area contributed by atoms with E-state index in [1.807, 2.05) is 4.90 Å². The van der Waals surface area contributed by atoms with Crippen molar-refractivity contribution in [3.8, 4) is 0 Å². The Kier molecular flexibility index (Phi) is 5.80. The van der Waals surface area contributed by atoms with Crippen LogP contribution < -0.4 is 10.2 Å². The zero-order valence-corrected chi connectivity index (χ0v) is 15.7. The lowest BCUT2D eigenvalue weighted by Gasteiger charge is -2.32. The molecule has 1 atom stereocenters. The molecule has 1 saturated heterocycles. The molecule has 0 saturated carbocycles. The average molecular weight is 396 g/mol. The number of aliphatic hydroxyl groups is 1. The van der Waals surface area contributed by atoms with E-state index in [2.05, 4.69) is 15.3 Å². The van der Waals surface area contributed by atoms with Crippen LogP contribution in [0.3, 0.4) is 0 Å². The van der Waals surface area contributed by atoms with Gasteiger partial charge in [-0.2, -0.15) is 0 Å². The second kappa shape index (κ2) is 8.07. The molecule has 2 heterocycles. The van der Waals surface area contributed by atoms with Gasteiger partial charge in [0.25, 0.3) is 0 Å². The minimum Gasteiger partial charge on any atom is -0.386 e. The Labute approximate surface area is 161 Å². The number of likely N-dealkylation sites (N-methyl/N-ethyl adjacent to an activating group) is 1. The Morgan fingerprint density at radius 3 is 2.69 bits per heavy atom. The van der Waals surface area contributed by atoms with Crippen molar-refractivity contribution in [2.24, 2.45) is 0 Å². The van der Waals surface area contributed by atoms with Gasteiger partial charge in [-0.1, -0.05) is 29.3 Å². The minimum atomic E-state index is -0.889. The molecule has 0 radical (unpaired) electrons. The molecule has 1 aliphatic heterocycles. The standard InChI is InChI=1S/C17H19Cl2N5O2/c1-23-5-6-24(9-16(23)26)15-7-14(21-10-22-15)20-8-13(25)17-11(18)3-2-4-12(17)19/h2-4,7,10,13,25H,5-6,8-9H2,1H3,(H,20,21,22). The van der Waals surface area contributed by atoms with Crippen molar-refractivity contribution in [2.45, 2.75) is 6.10 Å². The van der Waals surface area contributed by atoms with E-state index in [1.165, 1.54) is 6.33 Å². The average Bonchev–Trinajstić information content (AvgIpc) is 2.62. The number of aliphatic hydroxyl groups excluding tert-OH is 1. The number of benzene rings is 1. The summed E-state index contributed by atoms with van der Waals surface area (Å²) in [7, 11) is 1.79. The Bertz CT molecular complexity index is 784. The first kappa shape index (κ1) is 18.7. The van der Waals surface area contributed by atoms with Crippen molar-refractivity contribution in [3.63, 3.8) is 0 Å². The fourth-order valence-electron chi connectivity index (χ4n) is 2.70. The number of nitrogens with one attached hydrogen (secondary N) is 1. The number of amides is 1. The Morgan fingerprint density at radius 2 is 2.00 bits per heavy atom. The van der Waals surface area contributed by atoms with Crippen molar-refractivity contribution >= 4 is 40.7 Å². The van der Waals surface area contributed by atoms with E-state index >= 15 is 0 Å². The van der Waals surface area contributed by atoms with E-state index in [4.69, 9.17) is 23.2 Å². The molecule has 0 bridgehead atoms. The molecule has 138 valence electrons. The summed E-state index contributed by atoms with van der Waals surface area (Å²) in [4.78, 5) is 23.9. The minimum absolute atomic E-state index is 0.0492. The van der Waals surface area contributed by atoms with Crippen LogP contribution in [0.4, 0.5) is 11.6 Å². The maximum atomic E-state index is 11.9. The van der Waals surface area contributed by atoms with Crippen molar-refractivity contribution in [2.75, 3.05) is 43.4 Å². The van der Waals surface area contributed by atoms with Crippen LogP contribution in [-0.4, -0.2) is 59.1 Å². The van der Waals surface area contributed by atoms with Gasteiger partial charge in [0.15, 0.2) is 0 Å². The number of hydrogen-bond donors (Lipinski definition) is 2. The molecule has 1 aromatic carbocycles. The van der Waals surface area contributed by atoms with Crippen LogP contribution in [0.2, 0.25) is 10.0 Å². The number of hydrogen-bond acceptors (Lipinski definition) is 6. The van der Waals surface area contributed by atoms with Gasteiger partial charge in [0.05, 0.1) is 12.6 Å². The normalized spacial score (nSPS) is 15.9. The highest BCUT2D eigenvalue weighted by Crippen LogP contribution is 2.30. The number of nitrogens with zero attached hydrogens (tertiary/aromatic N) is 4. The van der Waals surface area contributed by atoms with Crippen LogP contribution in [-0.2, 0) is 4.79 Å². The highest BCUT2D eigenvalue weighted by Gasteiger charge is 2.22. The van der Waals surface area contributed by atoms with Crippen LogP contribution >= 0.6 is 23.2 Å². The second-order valence-electron chi connectivity index (χ2n) is 6.03. The van der Waals surface area contributed by atoms with Gasteiger partial charge in [0.2, 0.25) is 5.91 Å². The number of anilines is 2. The van der Waals surface area contributed by atoms with Crippen molar-refractivity contribution in [3.05, 3.63) is 46.2 Å². The molecule has 1 amide bonds. The summed E-state index contributed by atoms with van der Waals surface area (Å²) < 4.78 is 0. The van der Waals surface area contributed by atoms with E-state index in [0.29, 0.717) is 40.3 Å². The largest absolute Gasteiger partial charge is 0.386 e. The maximum Gasteiger partial charge on any atom is 0.241 e. The monoisotopic (exact) mass is 395 g/mol. The molecule has 3 rings (SSSR count). The molecular formula is C17H19Cl2N5O2. The summed E-state index contributed by atoms with van der Waals surface area (Å²) in [6.07, 6.45) is 0.537. The summed E-state index contributed by atoms with van der Waals surface area (Å²) in [6, 6.07) is 6.83. The highest BCUT2D eigenvalue weighted by atomic mass is 35.5. The third kappa shape index (κ3) is 4.17. The highest BCUT2D eigenvalue weighted by molar-refractivity contribution is 6.36. The van der Waals surface area contributed by atoms with Gasteiger partial charge >= 0.3 is 0 Å². The quantitative estimate of drug-likeness (QED) is 0.807. The van der Waals surface area contributed by atoms with E-state index in [9.17, 15) is 9.90 Å². The molecule has 2 aromatic rings. The predicted octanol–water partition coefficient (Wildman–Crippen LogP) is 2.21. The van der Waals surface area contributed by atoms with E-state index < -0.39 is 6.10 Å². The van der Waals surface area contributed by atoms with Crippen molar-refractivity contribution in [1.82, 2.24) is 14.9 Å². The molecule has 0 spiro atoms. The lowest BCUT2D eigenvalue weighted by molar-refractivity contribution is -0.129. The first-order valence-electron chi connectivity index (χ1n) is 8.12. The van der Waals surface area contributed by atoms with Gasteiger partial charge in [-0.3, -0.25) is 4.79 Å². The Balaban J connectivity index is 1.67. The molecule has 1 aliphatic rings. The molecule has 1 aromatic heterocycles. The second-order valence-corrected chi connectivity index (χ2v) is 6.84. The molecular weight excluding hydrogens is 377 g/mol. The summed E-state index contributed by atoms with van der Waals surface area (Å²) >= 11 is 12.2. The number of carbonyl (C=O) groups is 1. The maximum absolute atomic E-state index is 11.9. The molecule has 2 N–H and O–H groups in total. The molecule has 7 nitrogen and oxygen atoms in total. The van der Waals surface area contributed by atoms with E-state index in [1.54, 1.807) is 36.2 Å². The summed E-state index contributed by atoms with van der Waals surface area (Å²) in [6.45, 7) is 1.82. The van der Waals surface area contributed by atoms with Gasteiger partial charge < -0.3 is 20.2 Å². The van der Waals surface area contributed by atoms with Gasteiger partial charge in [-0.15, -0.1) is 0 Å². The van der Waals surface area contributed by atoms with Crippen LogP contribution in [0.5, 0.6) is 0 Å². The molecule has 0 aliphatic carbocycles.